The second kappa shape index (κ2) is 9.32. The minimum Gasteiger partial charge on any atom is -0.311 e. The van der Waals surface area contributed by atoms with Gasteiger partial charge in [0.05, 0.1) is 5.69 Å². The molecule has 0 N–H and O–H groups in total. The van der Waals surface area contributed by atoms with Gasteiger partial charge in [-0.2, -0.15) is 0 Å². The number of carbonyl (C=O) groups is 1. The predicted molar refractivity (Wildman–Crippen MR) is 99.5 cm³/mol. The highest BCUT2D eigenvalue weighted by molar-refractivity contribution is 6.04. The molecule has 1 aromatic heterocycles. The van der Waals surface area contributed by atoms with E-state index in [0.717, 1.165) is 36.1 Å². The van der Waals surface area contributed by atoms with E-state index in [-0.39, 0.29) is 5.91 Å². The lowest BCUT2D eigenvalue weighted by molar-refractivity contribution is -0.113. The van der Waals surface area contributed by atoms with Gasteiger partial charge in [-0.05, 0) is 36.3 Å². The molecule has 2 aromatic rings. The first-order valence-electron chi connectivity index (χ1n) is 8.16. The number of hydrogen-bond donors (Lipinski definition) is 0. The fraction of sp³-hybridized carbons (Fsp3) is 0.238. The fourth-order valence-electron chi connectivity index (χ4n) is 2.17. The van der Waals surface area contributed by atoms with Crippen LogP contribution in [0.25, 0.3) is 6.08 Å². The lowest BCUT2D eigenvalue weighted by atomic mass is 10.1. The van der Waals surface area contributed by atoms with Gasteiger partial charge < -0.3 is 4.90 Å². The van der Waals surface area contributed by atoms with Gasteiger partial charge in [-0.25, -0.2) is 0 Å². The van der Waals surface area contributed by atoms with Crippen molar-refractivity contribution in [1.29, 1.82) is 0 Å². The Morgan fingerprint density at radius 3 is 2.83 bits per heavy atom. The van der Waals surface area contributed by atoms with E-state index in [1.807, 2.05) is 36.4 Å². The van der Waals surface area contributed by atoms with Crippen molar-refractivity contribution in [2.45, 2.75) is 26.2 Å². The van der Waals surface area contributed by atoms with Crippen LogP contribution in [0.4, 0.5) is 5.69 Å². The Morgan fingerprint density at radius 2 is 2.08 bits per heavy atom. The number of rotatable bonds is 5. The van der Waals surface area contributed by atoms with Crippen LogP contribution in [0.5, 0.6) is 0 Å². The molecule has 1 amide bonds. The summed E-state index contributed by atoms with van der Waals surface area (Å²) in [6.07, 6.45) is 9.85. The maximum Gasteiger partial charge on any atom is 0.250 e. The quantitative estimate of drug-likeness (QED) is 0.468. The summed E-state index contributed by atoms with van der Waals surface area (Å²) >= 11 is 0. The number of pyridine rings is 1. The molecule has 24 heavy (non-hydrogen) atoms. The second-order valence-electron chi connectivity index (χ2n) is 5.44. The van der Waals surface area contributed by atoms with Gasteiger partial charge >= 0.3 is 0 Å². The van der Waals surface area contributed by atoms with Crippen LogP contribution in [0.2, 0.25) is 0 Å². The Balaban J connectivity index is 2.13. The summed E-state index contributed by atoms with van der Waals surface area (Å²) in [6, 6.07) is 11.5. The van der Waals surface area contributed by atoms with Gasteiger partial charge in [-0.1, -0.05) is 43.4 Å². The van der Waals surface area contributed by atoms with Gasteiger partial charge in [0.25, 0.3) is 5.91 Å². The van der Waals surface area contributed by atoms with Crippen molar-refractivity contribution in [2.24, 2.45) is 0 Å². The van der Waals surface area contributed by atoms with E-state index in [1.54, 1.807) is 36.5 Å². The zero-order chi connectivity index (χ0) is 17.2. The smallest absolute Gasteiger partial charge is 0.250 e. The summed E-state index contributed by atoms with van der Waals surface area (Å²) in [5.74, 6) is 6.26. The third-order valence-corrected chi connectivity index (χ3v) is 3.58. The molecular formula is C21H22N2O. The van der Waals surface area contributed by atoms with E-state index >= 15 is 0 Å². The second-order valence-corrected chi connectivity index (χ2v) is 5.44. The molecule has 0 saturated carbocycles. The fourth-order valence-corrected chi connectivity index (χ4v) is 2.17. The summed E-state index contributed by atoms with van der Waals surface area (Å²) in [7, 11) is 1.77. The molecule has 1 aromatic carbocycles. The molecule has 122 valence electrons. The Bertz CT molecular complexity index is 754. The van der Waals surface area contributed by atoms with Gasteiger partial charge in [-0.3, -0.25) is 9.78 Å². The normalized spacial score (nSPS) is 10.2. The topological polar surface area (TPSA) is 33.2 Å². The van der Waals surface area contributed by atoms with Gasteiger partial charge in [0.1, 0.15) is 0 Å². The number of unbranched alkanes of at least 4 members (excludes halogenated alkanes) is 2. The highest BCUT2D eigenvalue weighted by Gasteiger charge is 2.10. The Morgan fingerprint density at radius 1 is 1.25 bits per heavy atom. The minimum atomic E-state index is -0.0957. The number of anilines is 1. The first kappa shape index (κ1) is 17.5. The van der Waals surface area contributed by atoms with Gasteiger partial charge in [0.2, 0.25) is 0 Å². The Hall–Kier alpha value is -2.86. The first-order chi connectivity index (χ1) is 11.7. The number of benzene rings is 1. The molecule has 0 aliphatic carbocycles. The molecule has 0 bridgehead atoms. The van der Waals surface area contributed by atoms with Crippen molar-refractivity contribution in [3.05, 3.63) is 66.0 Å². The molecule has 0 saturated heterocycles. The lowest BCUT2D eigenvalue weighted by Crippen LogP contribution is -2.24. The average Bonchev–Trinajstić information content (AvgIpc) is 2.64. The highest BCUT2D eigenvalue weighted by Crippen LogP contribution is 2.19. The number of para-hydroxylation sites is 1. The molecule has 0 spiro atoms. The summed E-state index contributed by atoms with van der Waals surface area (Å²) in [5.41, 5.74) is 2.59. The van der Waals surface area contributed by atoms with E-state index in [9.17, 15) is 4.79 Å². The third kappa shape index (κ3) is 5.10. The standard InChI is InChI=1S/C21H22N2O/c1-3-4-5-6-11-19-12-7-8-13-20(19)23(2)21(24)15-14-18-10-9-16-22-17-18/h7-10,12-17H,3-5H2,1-2H3/b15-14+. The van der Waals surface area contributed by atoms with Crippen LogP contribution in [-0.4, -0.2) is 17.9 Å². The van der Waals surface area contributed by atoms with Crippen LogP contribution in [0.3, 0.4) is 0 Å². The molecule has 0 fully saturated rings. The summed E-state index contributed by atoms with van der Waals surface area (Å²) in [6.45, 7) is 2.15. The van der Waals surface area contributed by atoms with Crippen LogP contribution >= 0.6 is 0 Å². The van der Waals surface area contributed by atoms with E-state index in [4.69, 9.17) is 0 Å². The van der Waals surface area contributed by atoms with Crippen LogP contribution in [0.1, 0.15) is 37.3 Å². The summed E-state index contributed by atoms with van der Waals surface area (Å²) in [5, 5.41) is 0. The Kier molecular flexibility index (Phi) is 6.79. The maximum atomic E-state index is 12.4. The molecule has 0 radical (unpaired) electrons. The number of hydrogen-bond acceptors (Lipinski definition) is 2. The van der Waals surface area contributed by atoms with E-state index in [1.165, 1.54) is 0 Å². The predicted octanol–water partition coefficient (Wildman–Crippen LogP) is 4.30. The van der Waals surface area contributed by atoms with Crippen LogP contribution in [0.15, 0.2) is 54.9 Å². The van der Waals surface area contributed by atoms with Crippen molar-refractivity contribution in [2.75, 3.05) is 11.9 Å². The van der Waals surface area contributed by atoms with Crippen LogP contribution in [0, 0.1) is 11.8 Å². The number of likely N-dealkylation sites (N-methyl/N-ethyl adjacent to an activating group) is 1. The van der Waals surface area contributed by atoms with Crippen molar-refractivity contribution in [3.8, 4) is 11.8 Å². The lowest BCUT2D eigenvalue weighted by Gasteiger charge is -2.17. The van der Waals surface area contributed by atoms with Crippen molar-refractivity contribution >= 4 is 17.7 Å². The van der Waals surface area contributed by atoms with Gasteiger partial charge in [0, 0.05) is 37.5 Å². The minimum absolute atomic E-state index is 0.0957. The molecule has 3 nitrogen and oxygen atoms in total. The largest absolute Gasteiger partial charge is 0.311 e. The van der Waals surface area contributed by atoms with Gasteiger partial charge in [0.15, 0.2) is 0 Å². The van der Waals surface area contributed by atoms with Crippen LogP contribution < -0.4 is 4.90 Å². The molecular weight excluding hydrogens is 296 g/mol. The van der Waals surface area contributed by atoms with Crippen molar-refractivity contribution in [1.82, 2.24) is 4.98 Å². The molecule has 0 aliphatic heterocycles. The number of aromatic nitrogens is 1. The molecule has 0 aliphatic rings. The SMILES string of the molecule is CCCCC#Cc1ccccc1N(C)C(=O)/C=C/c1cccnc1. The maximum absolute atomic E-state index is 12.4. The molecule has 1 heterocycles. The van der Waals surface area contributed by atoms with E-state index < -0.39 is 0 Å². The highest BCUT2D eigenvalue weighted by atomic mass is 16.2. The Labute approximate surface area is 144 Å². The molecule has 2 rings (SSSR count). The van der Waals surface area contributed by atoms with Gasteiger partial charge in [-0.15, -0.1) is 0 Å². The van der Waals surface area contributed by atoms with Crippen molar-refractivity contribution < 1.29 is 4.79 Å². The number of carbonyl (C=O) groups excluding carboxylic acids is 1. The number of amides is 1. The number of nitrogens with zero attached hydrogens (tertiary/aromatic N) is 2. The molecule has 0 unspecified atom stereocenters. The van der Waals surface area contributed by atoms with E-state index in [2.05, 4.69) is 23.7 Å². The first-order valence-corrected chi connectivity index (χ1v) is 8.16. The summed E-state index contributed by atoms with van der Waals surface area (Å²) < 4.78 is 0. The van der Waals surface area contributed by atoms with E-state index in [0.29, 0.717) is 0 Å². The zero-order valence-electron chi connectivity index (χ0n) is 14.2. The zero-order valence-corrected chi connectivity index (χ0v) is 14.2. The molecule has 0 atom stereocenters. The summed E-state index contributed by atoms with van der Waals surface area (Å²) in [4.78, 5) is 18.1. The monoisotopic (exact) mass is 318 g/mol. The average molecular weight is 318 g/mol. The third-order valence-electron chi connectivity index (χ3n) is 3.58. The van der Waals surface area contributed by atoms with Crippen LogP contribution in [-0.2, 0) is 4.79 Å². The molecule has 3 heteroatoms. The van der Waals surface area contributed by atoms with Crippen molar-refractivity contribution in [3.63, 3.8) is 0 Å².